The lowest BCUT2D eigenvalue weighted by atomic mass is 10.1. The van der Waals surface area contributed by atoms with E-state index in [-0.39, 0.29) is 35.2 Å². The molecule has 6 nitrogen and oxygen atoms in total. The van der Waals surface area contributed by atoms with Gasteiger partial charge in [0.15, 0.2) is 15.0 Å². The van der Waals surface area contributed by atoms with Crippen LogP contribution >= 0.6 is 11.8 Å². The molecule has 4 rings (SSSR count). The number of amides is 1. The van der Waals surface area contributed by atoms with E-state index >= 15 is 0 Å². The molecule has 31 heavy (non-hydrogen) atoms. The van der Waals surface area contributed by atoms with E-state index in [0.29, 0.717) is 5.17 Å². The van der Waals surface area contributed by atoms with E-state index in [1.54, 1.807) is 0 Å². The van der Waals surface area contributed by atoms with Crippen LogP contribution in [0.3, 0.4) is 0 Å². The number of amidine groups is 1. The van der Waals surface area contributed by atoms with Gasteiger partial charge in [0.25, 0.3) is 0 Å². The van der Waals surface area contributed by atoms with Gasteiger partial charge in [-0.15, -0.1) is 0 Å². The first-order valence-electron chi connectivity index (χ1n) is 10.4. The highest BCUT2D eigenvalue weighted by molar-refractivity contribution is 8.14. The molecule has 0 bridgehead atoms. The van der Waals surface area contributed by atoms with Crippen LogP contribution in [-0.2, 0) is 21.1 Å². The number of benzene rings is 2. The van der Waals surface area contributed by atoms with Crippen molar-refractivity contribution >= 4 is 44.0 Å². The average Bonchev–Trinajstić information content (AvgIpc) is 3.20. The van der Waals surface area contributed by atoms with Gasteiger partial charge in [0.2, 0.25) is 5.91 Å². The molecule has 0 radical (unpaired) electrons. The maximum atomic E-state index is 12.6. The van der Waals surface area contributed by atoms with Crippen molar-refractivity contribution in [2.75, 3.05) is 27.5 Å². The highest BCUT2D eigenvalue weighted by atomic mass is 32.2. The molecule has 2 aromatic carbocycles. The molecular weight excluding hydrogens is 430 g/mol. The maximum absolute atomic E-state index is 12.6. The number of rotatable bonds is 5. The summed E-state index contributed by atoms with van der Waals surface area (Å²) in [6, 6.07) is 13.4. The molecule has 2 unspecified atom stereocenters. The van der Waals surface area contributed by atoms with Crippen molar-refractivity contribution in [2.45, 2.75) is 39.3 Å². The third-order valence-electron chi connectivity index (χ3n) is 5.88. The number of nitrogens with one attached hydrogen (secondary N) is 1. The number of hydrogen-bond acceptors (Lipinski definition) is 6. The predicted octanol–water partition coefficient (Wildman–Crippen LogP) is 3.58. The second-order valence-electron chi connectivity index (χ2n) is 8.11. The fourth-order valence-electron chi connectivity index (χ4n) is 4.08. The fourth-order valence-corrected chi connectivity index (χ4v) is 6.84. The van der Waals surface area contributed by atoms with Crippen molar-refractivity contribution in [3.63, 3.8) is 0 Å². The summed E-state index contributed by atoms with van der Waals surface area (Å²) < 4.78 is 24.4. The smallest absolute Gasteiger partial charge is 0.234 e. The Morgan fingerprint density at radius 1 is 1.16 bits per heavy atom. The minimum atomic E-state index is -3.11. The second kappa shape index (κ2) is 8.67. The van der Waals surface area contributed by atoms with Gasteiger partial charge in [0, 0.05) is 11.4 Å². The summed E-state index contributed by atoms with van der Waals surface area (Å²) >= 11 is 1.36. The molecule has 0 saturated carbocycles. The van der Waals surface area contributed by atoms with Gasteiger partial charge in [-0.25, -0.2) is 8.42 Å². The Bertz CT molecular complexity index is 1140. The number of sulfone groups is 1. The molecule has 0 aliphatic carbocycles. The average molecular weight is 458 g/mol. The molecule has 0 spiro atoms. The highest BCUT2D eigenvalue weighted by Gasteiger charge is 2.47. The molecule has 1 saturated heterocycles. The molecule has 2 heterocycles. The van der Waals surface area contributed by atoms with Crippen molar-refractivity contribution in [1.82, 2.24) is 0 Å². The van der Waals surface area contributed by atoms with Gasteiger partial charge in [-0.05, 0) is 55.2 Å². The lowest BCUT2D eigenvalue weighted by molar-refractivity contribution is -0.113. The van der Waals surface area contributed by atoms with Gasteiger partial charge in [0.05, 0.1) is 29.3 Å². The van der Waals surface area contributed by atoms with Gasteiger partial charge in [-0.1, -0.05) is 43.0 Å². The SMILES string of the molecule is CCc1ccccc1NC(=O)CSC1=NC2CS(=O)(=O)CC2N1c1ccc(C)c(C)c1. The molecule has 2 aliphatic rings. The molecular formula is C23H27N3O3S2. The molecule has 164 valence electrons. The summed E-state index contributed by atoms with van der Waals surface area (Å²) in [6.45, 7) is 6.15. The lowest BCUT2D eigenvalue weighted by Gasteiger charge is -2.27. The maximum Gasteiger partial charge on any atom is 0.234 e. The minimum absolute atomic E-state index is 0.0686. The fraction of sp³-hybridized carbons (Fsp3) is 0.391. The third-order valence-corrected chi connectivity index (χ3v) is 8.55. The number of para-hydroxylation sites is 1. The number of aryl methyl sites for hydroxylation is 3. The number of carbonyl (C=O) groups excluding carboxylic acids is 1. The van der Waals surface area contributed by atoms with Gasteiger partial charge < -0.3 is 10.2 Å². The molecule has 1 amide bonds. The highest BCUT2D eigenvalue weighted by Crippen LogP contribution is 2.35. The third kappa shape index (κ3) is 4.65. The first-order chi connectivity index (χ1) is 14.8. The Morgan fingerprint density at radius 2 is 1.94 bits per heavy atom. The van der Waals surface area contributed by atoms with E-state index in [2.05, 4.69) is 18.3 Å². The summed E-state index contributed by atoms with van der Waals surface area (Å²) in [7, 11) is -3.11. The van der Waals surface area contributed by atoms with E-state index in [0.717, 1.165) is 28.9 Å². The largest absolute Gasteiger partial charge is 0.325 e. The number of hydrogen-bond donors (Lipinski definition) is 1. The van der Waals surface area contributed by atoms with Crippen LogP contribution in [0.4, 0.5) is 11.4 Å². The van der Waals surface area contributed by atoms with Crippen LogP contribution in [0.25, 0.3) is 0 Å². The lowest BCUT2D eigenvalue weighted by Crippen LogP contribution is -2.39. The molecule has 1 N–H and O–H groups in total. The van der Waals surface area contributed by atoms with Gasteiger partial charge in [-0.2, -0.15) is 0 Å². The first kappa shape index (κ1) is 21.9. The van der Waals surface area contributed by atoms with Crippen LogP contribution in [0.1, 0.15) is 23.6 Å². The zero-order valence-electron chi connectivity index (χ0n) is 18.0. The number of nitrogens with zero attached hydrogens (tertiary/aromatic N) is 2. The van der Waals surface area contributed by atoms with Crippen LogP contribution in [0.15, 0.2) is 47.5 Å². The van der Waals surface area contributed by atoms with Crippen molar-refractivity contribution in [2.24, 2.45) is 4.99 Å². The van der Waals surface area contributed by atoms with Crippen LogP contribution in [-0.4, -0.2) is 48.8 Å². The standard InChI is InChI=1S/C23H27N3O3S2/c1-4-17-7-5-6-8-19(17)24-22(27)12-30-23-25-20-13-31(28,29)14-21(20)26(23)18-10-9-15(2)16(3)11-18/h5-11,20-21H,4,12-14H2,1-3H3,(H,24,27). The van der Waals surface area contributed by atoms with E-state index in [4.69, 9.17) is 4.99 Å². The quantitative estimate of drug-likeness (QED) is 0.743. The Kier molecular flexibility index (Phi) is 6.12. The number of anilines is 2. The van der Waals surface area contributed by atoms with E-state index < -0.39 is 9.84 Å². The Balaban J connectivity index is 1.52. The van der Waals surface area contributed by atoms with Crippen molar-refractivity contribution in [3.8, 4) is 0 Å². The van der Waals surface area contributed by atoms with Gasteiger partial charge >= 0.3 is 0 Å². The molecule has 2 aromatic rings. The summed E-state index contributed by atoms with van der Waals surface area (Å²) in [4.78, 5) is 19.4. The topological polar surface area (TPSA) is 78.8 Å². The van der Waals surface area contributed by atoms with E-state index in [1.807, 2.05) is 55.1 Å². The molecule has 1 fully saturated rings. The Morgan fingerprint density at radius 3 is 2.68 bits per heavy atom. The summed E-state index contributed by atoms with van der Waals surface area (Å²) in [5.74, 6) is 0.274. The second-order valence-corrected chi connectivity index (χ2v) is 11.2. The molecule has 0 aromatic heterocycles. The first-order valence-corrected chi connectivity index (χ1v) is 13.2. The van der Waals surface area contributed by atoms with E-state index in [9.17, 15) is 13.2 Å². The molecule has 2 aliphatic heterocycles. The van der Waals surface area contributed by atoms with Crippen molar-refractivity contribution < 1.29 is 13.2 Å². The van der Waals surface area contributed by atoms with Gasteiger partial charge in [0.1, 0.15) is 0 Å². The summed E-state index contributed by atoms with van der Waals surface area (Å²) in [5, 5.41) is 3.71. The molecule has 8 heteroatoms. The number of thioether (sulfide) groups is 1. The zero-order chi connectivity index (χ0) is 22.2. The van der Waals surface area contributed by atoms with Crippen LogP contribution < -0.4 is 10.2 Å². The normalized spacial score (nSPS) is 21.6. The monoisotopic (exact) mass is 457 g/mol. The summed E-state index contributed by atoms with van der Waals surface area (Å²) in [5.41, 5.74) is 5.17. The van der Waals surface area contributed by atoms with Gasteiger partial charge in [-0.3, -0.25) is 9.79 Å². The zero-order valence-corrected chi connectivity index (χ0v) is 19.6. The van der Waals surface area contributed by atoms with Crippen LogP contribution in [0.2, 0.25) is 0 Å². The minimum Gasteiger partial charge on any atom is -0.325 e. The van der Waals surface area contributed by atoms with Crippen LogP contribution in [0, 0.1) is 13.8 Å². The summed E-state index contributed by atoms with van der Waals surface area (Å²) in [6.07, 6.45) is 0.842. The predicted molar refractivity (Wildman–Crippen MR) is 129 cm³/mol. The van der Waals surface area contributed by atoms with E-state index in [1.165, 1.54) is 17.3 Å². The Labute approximate surface area is 188 Å². The number of carbonyl (C=O) groups is 1. The molecule has 2 atom stereocenters. The van der Waals surface area contributed by atoms with Crippen LogP contribution in [0.5, 0.6) is 0 Å². The van der Waals surface area contributed by atoms with Crippen molar-refractivity contribution in [1.29, 1.82) is 0 Å². The Hall–Kier alpha value is -2.32. The number of fused-ring (bicyclic) bond motifs is 1. The number of aliphatic imine (C=N–C) groups is 1. The van der Waals surface area contributed by atoms with Crippen molar-refractivity contribution in [3.05, 3.63) is 59.2 Å².